The van der Waals surface area contributed by atoms with Gasteiger partial charge in [0.05, 0.1) is 19.3 Å². The molecule has 2 fully saturated rings. The number of benzene rings is 2. The van der Waals surface area contributed by atoms with Gasteiger partial charge in [0.2, 0.25) is 0 Å². The fraction of sp³-hybridized carbons (Fsp3) is 0.417. The van der Waals surface area contributed by atoms with E-state index in [2.05, 4.69) is 52.0 Å². The Bertz CT molecular complexity index is 923. The Balaban J connectivity index is 1.41. The number of hydrogen-bond acceptors (Lipinski definition) is 4. The van der Waals surface area contributed by atoms with Crippen LogP contribution < -0.4 is 16.0 Å². The highest BCUT2D eigenvalue weighted by atomic mass is 16.5. The molecule has 0 radical (unpaired) electrons. The molecule has 164 valence electrons. The molecule has 1 saturated heterocycles. The van der Waals surface area contributed by atoms with Gasteiger partial charge in [-0.2, -0.15) is 0 Å². The molecule has 1 aliphatic heterocycles. The zero-order valence-electron chi connectivity index (χ0n) is 17.9. The van der Waals surface area contributed by atoms with Crippen molar-refractivity contribution in [2.75, 3.05) is 38.2 Å². The second-order valence-electron chi connectivity index (χ2n) is 8.24. The third kappa shape index (κ3) is 6.06. The molecule has 3 N–H and O–H groups in total. The van der Waals surface area contributed by atoms with E-state index < -0.39 is 0 Å². The molecular formula is C24H30N4O3. The zero-order valence-corrected chi connectivity index (χ0v) is 17.9. The summed E-state index contributed by atoms with van der Waals surface area (Å²) in [6.07, 6.45) is 2.06. The Kier molecular flexibility index (Phi) is 6.84. The quantitative estimate of drug-likeness (QED) is 0.640. The Morgan fingerprint density at radius 3 is 2.61 bits per heavy atom. The molecule has 0 aromatic heterocycles. The number of hydrogen-bond donors (Lipinski definition) is 3. The van der Waals surface area contributed by atoms with Crippen LogP contribution in [-0.4, -0.2) is 55.7 Å². The Labute approximate surface area is 183 Å². The van der Waals surface area contributed by atoms with Crippen molar-refractivity contribution in [3.8, 4) is 0 Å². The maximum Gasteiger partial charge on any atom is 0.319 e. The second-order valence-corrected chi connectivity index (χ2v) is 8.24. The number of rotatable bonds is 7. The number of nitrogens with one attached hydrogen (secondary N) is 3. The maximum absolute atomic E-state index is 12.9. The van der Waals surface area contributed by atoms with Gasteiger partial charge in [-0.05, 0) is 43.5 Å². The molecule has 2 aromatic carbocycles. The van der Waals surface area contributed by atoms with Gasteiger partial charge in [-0.25, -0.2) is 4.79 Å². The first-order valence-corrected chi connectivity index (χ1v) is 10.9. The van der Waals surface area contributed by atoms with Crippen molar-refractivity contribution in [1.82, 2.24) is 15.5 Å². The molecular weight excluding hydrogens is 392 g/mol. The van der Waals surface area contributed by atoms with E-state index in [1.165, 1.54) is 11.1 Å². The van der Waals surface area contributed by atoms with Crippen LogP contribution in [0, 0.1) is 6.92 Å². The second kappa shape index (κ2) is 9.94. The molecule has 4 rings (SSSR count). The maximum atomic E-state index is 12.9. The monoisotopic (exact) mass is 422 g/mol. The van der Waals surface area contributed by atoms with Crippen molar-refractivity contribution in [1.29, 1.82) is 0 Å². The molecule has 1 saturated carbocycles. The van der Waals surface area contributed by atoms with Crippen LogP contribution in [0.25, 0.3) is 0 Å². The highest BCUT2D eigenvalue weighted by Gasteiger charge is 2.24. The summed E-state index contributed by atoms with van der Waals surface area (Å²) in [5, 5.41) is 8.78. The summed E-state index contributed by atoms with van der Waals surface area (Å²) >= 11 is 0. The first kappa shape index (κ1) is 21.3. The number of nitrogens with zero attached hydrogens (tertiary/aromatic N) is 1. The van der Waals surface area contributed by atoms with E-state index in [0.29, 0.717) is 31.0 Å². The molecule has 1 unspecified atom stereocenters. The van der Waals surface area contributed by atoms with Crippen LogP contribution in [0.2, 0.25) is 0 Å². The van der Waals surface area contributed by atoms with Gasteiger partial charge in [0.15, 0.2) is 0 Å². The van der Waals surface area contributed by atoms with Crippen LogP contribution in [0.5, 0.6) is 0 Å². The Morgan fingerprint density at radius 1 is 1.10 bits per heavy atom. The van der Waals surface area contributed by atoms with E-state index in [1.54, 1.807) is 24.3 Å². The van der Waals surface area contributed by atoms with Gasteiger partial charge in [-0.3, -0.25) is 9.69 Å². The summed E-state index contributed by atoms with van der Waals surface area (Å²) in [5.74, 6) is -0.155. The van der Waals surface area contributed by atoms with Gasteiger partial charge in [0.25, 0.3) is 5.91 Å². The van der Waals surface area contributed by atoms with Crippen molar-refractivity contribution in [3.63, 3.8) is 0 Å². The van der Waals surface area contributed by atoms with Crippen LogP contribution in [0.1, 0.15) is 40.4 Å². The van der Waals surface area contributed by atoms with Crippen LogP contribution >= 0.6 is 0 Å². The van der Waals surface area contributed by atoms with Gasteiger partial charge < -0.3 is 20.7 Å². The molecule has 1 heterocycles. The average Bonchev–Trinajstić information content (AvgIpc) is 3.58. The topological polar surface area (TPSA) is 82.7 Å². The number of urea groups is 1. The molecule has 1 aliphatic carbocycles. The zero-order chi connectivity index (χ0) is 21.6. The minimum absolute atomic E-state index is 0.0818. The fourth-order valence-electron chi connectivity index (χ4n) is 3.83. The van der Waals surface area contributed by atoms with Gasteiger partial charge >= 0.3 is 6.03 Å². The summed E-state index contributed by atoms with van der Waals surface area (Å²) in [6, 6.07) is 15.6. The van der Waals surface area contributed by atoms with Crippen molar-refractivity contribution in [3.05, 3.63) is 65.2 Å². The lowest BCUT2D eigenvalue weighted by Crippen LogP contribution is -2.43. The van der Waals surface area contributed by atoms with E-state index in [9.17, 15) is 9.59 Å². The molecule has 0 bridgehead atoms. The smallest absolute Gasteiger partial charge is 0.319 e. The minimum Gasteiger partial charge on any atom is -0.379 e. The Hall–Kier alpha value is -2.90. The summed E-state index contributed by atoms with van der Waals surface area (Å²) in [5.41, 5.74) is 3.52. The number of ether oxygens (including phenoxy) is 1. The number of carbonyl (C=O) groups excluding carboxylic acids is 2. The largest absolute Gasteiger partial charge is 0.379 e. The number of anilines is 1. The number of amides is 3. The predicted molar refractivity (Wildman–Crippen MR) is 120 cm³/mol. The van der Waals surface area contributed by atoms with Crippen molar-refractivity contribution >= 4 is 17.6 Å². The van der Waals surface area contributed by atoms with Crippen molar-refractivity contribution < 1.29 is 14.3 Å². The lowest BCUT2D eigenvalue weighted by Gasteiger charge is -2.35. The van der Waals surface area contributed by atoms with E-state index in [-0.39, 0.29) is 24.0 Å². The minimum atomic E-state index is -0.230. The normalized spacial score (nSPS) is 17.6. The molecule has 1 atom stereocenters. The predicted octanol–water partition coefficient (Wildman–Crippen LogP) is 3.08. The molecule has 7 nitrogen and oxygen atoms in total. The summed E-state index contributed by atoms with van der Waals surface area (Å²) in [7, 11) is 0. The van der Waals surface area contributed by atoms with E-state index in [0.717, 1.165) is 25.9 Å². The highest BCUT2D eigenvalue weighted by molar-refractivity contribution is 5.97. The first-order chi connectivity index (χ1) is 15.1. The fourth-order valence-corrected chi connectivity index (χ4v) is 3.83. The van der Waals surface area contributed by atoms with Gasteiger partial charge in [0.1, 0.15) is 0 Å². The molecule has 2 aliphatic rings. The number of morpholine rings is 1. The summed E-state index contributed by atoms with van der Waals surface area (Å²) in [4.78, 5) is 27.2. The van der Waals surface area contributed by atoms with Gasteiger partial charge in [-0.1, -0.05) is 35.9 Å². The van der Waals surface area contributed by atoms with Crippen LogP contribution in [0.15, 0.2) is 48.5 Å². The third-order valence-corrected chi connectivity index (χ3v) is 5.66. The number of aryl methyl sites for hydroxylation is 1. The van der Waals surface area contributed by atoms with E-state index in [1.807, 2.05) is 0 Å². The molecule has 2 aromatic rings. The lowest BCUT2D eigenvalue weighted by molar-refractivity contribution is 0.0162. The van der Waals surface area contributed by atoms with Gasteiger partial charge in [-0.15, -0.1) is 0 Å². The Morgan fingerprint density at radius 2 is 1.87 bits per heavy atom. The highest BCUT2D eigenvalue weighted by Crippen LogP contribution is 2.23. The summed E-state index contributed by atoms with van der Waals surface area (Å²) < 4.78 is 5.51. The van der Waals surface area contributed by atoms with Crippen LogP contribution in [0.3, 0.4) is 0 Å². The molecule has 31 heavy (non-hydrogen) atoms. The van der Waals surface area contributed by atoms with E-state index >= 15 is 0 Å². The lowest BCUT2D eigenvalue weighted by atomic mass is 10.0. The average molecular weight is 423 g/mol. The molecule has 0 spiro atoms. The molecule has 7 heteroatoms. The van der Waals surface area contributed by atoms with Crippen LogP contribution in [0.4, 0.5) is 10.5 Å². The van der Waals surface area contributed by atoms with E-state index in [4.69, 9.17) is 4.74 Å². The summed E-state index contributed by atoms with van der Waals surface area (Å²) in [6.45, 7) is 5.66. The molecule has 3 amide bonds. The van der Waals surface area contributed by atoms with Gasteiger partial charge in [0, 0.05) is 36.9 Å². The third-order valence-electron chi connectivity index (χ3n) is 5.66. The van der Waals surface area contributed by atoms with Crippen molar-refractivity contribution in [2.45, 2.75) is 31.8 Å². The van der Waals surface area contributed by atoms with Crippen LogP contribution in [-0.2, 0) is 4.74 Å². The number of carbonyl (C=O) groups is 2. The SMILES string of the molecule is Cc1cccc(C(CNC(=O)c2cccc(NC(=O)NC3CC3)c2)N2CCOCC2)c1. The van der Waals surface area contributed by atoms with Crippen molar-refractivity contribution in [2.24, 2.45) is 0 Å². The standard InChI is InChI=1S/C24H30N4O3/c1-17-4-2-5-18(14-17)22(28-10-12-31-13-11-28)16-25-23(29)19-6-3-7-21(15-19)27-24(30)26-20-8-9-20/h2-7,14-15,20,22H,8-13,16H2,1H3,(H,25,29)(H2,26,27,30). The first-order valence-electron chi connectivity index (χ1n) is 10.9.